The van der Waals surface area contributed by atoms with Crippen LogP contribution < -0.4 is 18.9 Å². The predicted molar refractivity (Wildman–Crippen MR) is 172 cm³/mol. The van der Waals surface area contributed by atoms with Gasteiger partial charge in [0.1, 0.15) is 0 Å². The molecular weight excluding hydrogens is 1210 g/mol. The molecule has 0 bridgehead atoms. The number of alkyl halides is 36. The summed E-state index contributed by atoms with van der Waals surface area (Å²) in [7, 11) is 0. The number of aromatic nitrogens is 5. The Morgan fingerprint density at radius 2 is 0.462 bits per heavy atom. The van der Waals surface area contributed by atoms with Crippen LogP contribution in [0.2, 0.25) is 0 Å². The van der Waals surface area contributed by atoms with E-state index < -0.39 is 175 Å². The first-order valence-electron chi connectivity index (χ1n) is 18.3. The van der Waals surface area contributed by atoms with Crippen molar-refractivity contribution in [2.24, 2.45) is 0 Å². The molecule has 0 spiro atoms. The van der Waals surface area contributed by atoms with Gasteiger partial charge in [-0.15, -0.1) is 4.98 Å². The van der Waals surface area contributed by atoms with Gasteiger partial charge in [0, 0.05) is 11.1 Å². The maximum absolute atomic E-state index is 14.2. The lowest BCUT2D eigenvalue weighted by Crippen LogP contribution is -2.62. The van der Waals surface area contributed by atoms with Crippen LogP contribution in [0.3, 0.4) is 0 Å². The van der Waals surface area contributed by atoms with E-state index >= 15 is 0 Å². The first-order valence-corrected chi connectivity index (χ1v) is 18.3. The van der Waals surface area contributed by atoms with Crippen LogP contribution >= 0.6 is 0 Å². The van der Waals surface area contributed by atoms with Gasteiger partial charge in [0.05, 0.1) is 6.07 Å². The zero-order valence-corrected chi connectivity index (χ0v) is 35.2. The molecule has 0 radical (unpaired) electrons. The van der Waals surface area contributed by atoms with Gasteiger partial charge in [-0.1, -0.05) is 24.3 Å². The van der Waals surface area contributed by atoms with Gasteiger partial charge >= 0.3 is 108 Å². The van der Waals surface area contributed by atoms with Crippen LogP contribution in [0.15, 0.2) is 30.3 Å². The first-order chi connectivity index (χ1) is 34.2. The molecule has 2 heterocycles. The third-order valence-electron chi connectivity index (χ3n) is 9.08. The number of benzene rings is 1. The molecule has 0 atom stereocenters. The molecule has 0 saturated carbocycles. The lowest BCUT2D eigenvalue weighted by molar-refractivity contribution is -0.398. The molecule has 0 fully saturated rings. The predicted octanol–water partition coefficient (Wildman–Crippen LogP) is 13.4. The Labute approximate surface area is 401 Å². The first kappa shape index (κ1) is 66.3. The second-order valence-electron chi connectivity index (χ2n) is 14.7. The lowest BCUT2D eigenvalue weighted by atomic mass is 10.0. The van der Waals surface area contributed by atoms with E-state index in [2.05, 4.69) is 43.9 Å². The van der Waals surface area contributed by atoms with Crippen molar-refractivity contribution >= 4 is 0 Å². The van der Waals surface area contributed by atoms with Crippen LogP contribution in [-0.4, -0.2) is 147 Å². The number of rotatable bonds is 22. The summed E-state index contributed by atoms with van der Waals surface area (Å²) in [5.74, 6) is -95.4. The Morgan fingerprint density at radius 1 is 0.256 bits per heavy atom. The van der Waals surface area contributed by atoms with Gasteiger partial charge in [0.2, 0.25) is 11.8 Å². The largest absolute Gasteiger partial charge is 0.471 e. The van der Waals surface area contributed by atoms with Crippen LogP contribution in [0.25, 0.3) is 22.8 Å². The summed E-state index contributed by atoms with van der Waals surface area (Å²) >= 11 is 0. The van der Waals surface area contributed by atoms with Crippen LogP contribution in [0.4, 0.5) is 158 Å². The van der Waals surface area contributed by atoms with E-state index in [1.54, 1.807) is 0 Å². The molecule has 0 aliphatic carbocycles. The molecule has 1 aromatic carbocycles. The highest BCUT2D eigenvalue weighted by Gasteiger charge is 2.85. The third kappa shape index (κ3) is 11.8. The topological polar surface area (TPSA) is 101 Å². The van der Waals surface area contributed by atoms with Gasteiger partial charge in [0.15, 0.2) is 38.1 Å². The summed E-state index contributed by atoms with van der Waals surface area (Å²) in [4.78, 5) is 14.3. The van der Waals surface area contributed by atoms with E-state index in [1.165, 1.54) is 0 Å². The van der Waals surface area contributed by atoms with Gasteiger partial charge in [-0.05, 0) is 0 Å². The molecule has 2 aromatic heterocycles. The van der Waals surface area contributed by atoms with Crippen LogP contribution in [0.1, 0.15) is 0 Å². The van der Waals surface area contributed by atoms with Gasteiger partial charge in [-0.2, -0.15) is 178 Å². The van der Waals surface area contributed by atoms with Crippen molar-refractivity contribution in [3.05, 3.63) is 30.3 Å². The molecule has 0 aliphatic heterocycles. The van der Waals surface area contributed by atoms with Crippen molar-refractivity contribution in [3.63, 3.8) is 0 Å². The zero-order valence-electron chi connectivity index (χ0n) is 35.2. The van der Waals surface area contributed by atoms with E-state index in [-0.39, 0.29) is 24.3 Å². The van der Waals surface area contributed by atoms with Crippen molar-refractivity contribution in [1.82, 2.24) is 24.9 Å². The van der Waals surface area contributed by atoms with Crippen molar-refractivity contribution in [3.8, 4) is 46.6 Å². The Balaban J connectivity index is 2.23. The number of halogens is 36. The summed E-state index contributed by atoms with van der Waals surface area (Å²) < 4.78 is 498. The summed E-state index contributed by atoms with van der Waals surface area (Å²) in [6, 6.07) is -4.31. The van der Waals surface area contributed by atoms with E-state index in [0.29, 0.717) is 0 Å². The van der Waals surface area contributed by atoms with Crippen LogP contribution in [-0.2, 0) is 0 Å². The fraction of sp³-hybridized carbons (Fsp3) is 0.606. The smallest absolute Gasteiger partial charge is 0.460 e. The minimum absolute atomic E-state index is 0.205. The highest BCUT2D eigenvalue weighted by Crippen LogP contribution is 2.57. The molecule has 0 saturated heterocycles. The molecule has 0 aliphatic rings. The molecule has 3 rings (SSSR count). The Bertz CT molecular complexity index is 2260. The standard InChI is InChI=1S/C33H13F36N5O4/c34-18(35,22(42,43)26(50,51)30(58,59)60)6-75-12-5-13(76-7-19(36,37)23(44,45)27(52,53)31(61,62)63)71-14(70-12)10-1-3-11(4-2-10)15-72-16(77-8-20(38,39)24(46,47)28(54,55)32(64,65)66)74-17(73-15)78-9-21(40,41)25(48,49)29(56,57)33(67,68)69/h1-5H,6-9H2. The summed E-state index contributed by atoms with van der Waals surface area (Å²) in [6.45, 7) is -13.9. The monoisotopic (exact) mass is 1230 g/mol. The summed E-state index contributed by atoms with van der Waals surface area (Å²) in [5, 5.41) is 0. The maximum Gasteiger partial charge on any atom is 0.460 e. The molecule has 0 unspecified atom stereocenters. The SMILES string of the molecule is FC(F)(F)C(F)(F)C(F)(F)C(F)(F)COc1cc(OCC(F)(F)C(F)(F)C(F)(F)C(F)(F)F)nc(-c2ccc(-c3nc(OCC(F)(F)C(F)(F)C(F)(F)C(F)(F)F)nc(OCC(F)(F)C(F)(F)C(F)(F)C(F)(F)F)n3)cc2)n1. The van der Waals surface area contributed by atoms with Crippen molar-refractivity contribution < 1.29 is 177 Å². The molecule has 45 heteroatoms. The average Bonchev–Trinajstić information content (AvgIpc) is 3.27. The van der Waals surface area contributed by atoms with Gasteiger partial charge in [0.25, 0.3) is 0 Å². The highest BCUT2D eigenvalue weighted by molar-refractivity contribution is 5.64. The van der Waals surface area contributed by atoms with Gasteiger partial charge in [-0.3, -0.25) is 0 Å². The second kappa shape index (κ2) is 20.0. The number of hydrogen-bond acceptors (Lipinski definition) is 9. The maximum atomic E-state index is 14.2. The minimum Gasteiger partial charge on any atom is -0.471 e. The Morgan fingerprint density at radius 3 is 0.679 bits per heavy atom. The normalized spacial score (nSPS) is 15.1. The molecule has 9 nitrogen and oxygen atoms in total. The summed E-state index contributed by atoms with van der Waals surface area (Å²) in [5.41, 5.74) is -2.22. The Hall–Kier alpha value is -6.01. The van der Waals surface area contributed by atoms with Crippen molar-refractivity contribution in [2.45, 2.75) is 95.8 Å². The van der Waals surface area contributed by atoms with E-state index in [4.69, 9.17) is 0 Å². The lowest BCUT2D eigenvalue weighted by Gasteiger charge is -2.33. The van der Waals surface area contributed by atoms with Gasteiger partial charge in [-0.25, -0.2) is 0 Å². The molecular formula is C33H13F36N5O4. The third-order valence-corrected chi connectivity index (χ3v) is 9.08. The molecule has 446 valence electrons. The highest BCUT2D eigenvalue weighted by atomic mass is 19.5. The number of ether oxygens (including phenoxy) is 4. The molecule has 0 N–H and O–H groups in total. The van der Waals surface area contributed by atoms with Crippen molar-refractivity contribution in [2.75, 3.05) is 26.4 Å². The quantitative estimate of drug-likeness (QED) is 0.0910. The van der Waals surface area contributed by atoms with Crippen molar-refractivity contribution in [1.29, 1.82) is 0 Å². The molecule has 78 heavy (non-hydrogen) atoms. The number of hydrogen-bond donors (Lipinski definition) is 0. The second-order valence-corrected chi connectivity index (χ2v) is 14.7. The zero-order chi connectivity index (χ0) is 61.3. The van der Waals surface area contributed by atoms with E-state index in [1.807, 2.05) is 0 Å². The van der Waals surface area contributed by atoms with E-state index in [9.17, 15) is 158 Å². The minimum atomic E-state index is -7.67. The summed E-state index contributed by atoms with van der Waals surface area (Å²) in [6.07, 6.45) is -30.0. The fourth-order valence-corrected chi connectivity index (χ4v) is 4.68. The average molecular weight is 1230 g/mol. The van der Waals surface area contributed by atoms with Crippen LogP contribution in [0.5, 0.6) is 23.8 Å². The van der Waals surface area contributed by atoms with Gasteiger partial charge < -0.3 is 18.9 Å². The number of nitrogens with zero attached hydrogens (tertiary/aromatic N) is 5. The fourth-order valence-electron chi connectivity index (χ4n) is 4.68. The van der Waals surface area contributed by atoms with E-state index in [0.717, 1.165) is 0 Å². The van der Waals surface area contributed by atoms with Crippen LogP contribution in [0, 0.1) is 0 Å². The Kier molecular flexibility index (Phi) is 17.0. The molecule has 3 aromatic rings. The molecule has 0 amide bonds.